The minimum absolute atomic E-state index is 0.00865. The average Bonchev–Trinajstić information content (AvgIpc) is 2.79. The number of rotatable bonds is 3. The van der Waals surface area contributed by atoms with Gasteiger partial charge in [-0.1, -0.05) is 0 Å². The molecule has 9 heteroatoms. The molecule has 0 aromatic carbocycles. The Kier molecular flexibility index (Phi) is 5.86. The molecule has 4 amide bonds. The summed E-state index contributed by atoms with van der Waals surface area (Å²) < 4.78 is 5.22. The van der Waals surface area contributed by atoms with Gasteiger partial charge in [0.15, 0.2) is 0 Å². The van der Waals surface area contributed by atoms with Gasteiger partial charge in [0, 0.05) is 24.9 Å². The molecular formula is C16H25N3O6. The zero-order valence-electron chi connectivity index (χ0n) is 14.8. The first kappa shape index (κ1) is 19.0. The first-order chi connectivity index (χ1) is 11.6. The number of nitrogens with one attached hydrogen (secondary N) is 2. The van der Waals surface area contributed by atoms with Crippen molar-refractivity contribution in [1.29, 1.82) is 0 Å². The van der Waals surface area contributed by atoms with Crippen LogP contribution >= 0.6 is 0 Å². The molecule has 1 saturated carbocycles. The van der Waals surface area contributed by atoms with E-state index in [0.717, 1.165) is 0 Å². The number of hydrogen-bond donors (Lipinski definition) is 2. The van der Waals surface area contributed by atoms with Crippen molar-refractivity contribution in [2.75, 3.05) is 0 Å². The van der Waals surface area contributed by atoms with Crippen LogP contribution in [0.4, 0.5) is 9.59 Å². The van der Waals surface area contributed by atoms with Gasteiger partial charge in [0.2, 0.25) is 0 Å². The highest BCUT2D eigenvalue weighted by Gasteiger charge is 2.33. The molecule has 2 rings (SSSR count). The number of hydrogen-bond acceptors (Lipinski definition) is 6. The highest BCUT2D eigenvalue weighted by atomic mass is 16.7. The van der Waals surface area contributed by atoms with Gasteiger partial charge in [-0.05, 0) is 46.5 Å². The molecule has 1 aliphatic heterocycles. The second kappa shape index (κ2) is 7.71. The minimum atomic E-state index is -0.813. The molecule has 1 aliphatic carbocycles. The molecule has 0 aromatic rings. The van der Waals surface area contributed by atoms with Gasteiger partial charge < -0.3 is 20.2 Å². The van der Waals surface area contributed by atoms with E-state index in [0.29, 0.717) is 30.7 Å². The van der Waals surface area contributed by atoms with Gasteiger partial charge in [0.1, 0.15) is 5.60 Å². The van der Waals surface area contributed by atoms with Gasteiger partial charge >= 0.3 is 12.2 Å². The summed E-state index contributed by atoms with van der Waals surface area (Å²) in [5, 5.41) is 5.98. The van der Waals surface area contributed by atoms with Gasteiger partial charge in [-0.3, -0.25) is 9.59 Å². The summed E-state index contributed by atoms with van der Waals surface area (Å²) in [4.78, 5) is 51.1. The van der Waals surface area contributed by atoms with Crippen molar-refractivity contribution >= 4 is 24.0 Å². The third-order valence-corrected chi connectivity index (χ3v) is 3.95. The molecule has 0 spiro atoms. The maximum Gasteiger partial charge on any atom is 0.432 e. The van der Waals surface area contributed by atoms with Crippen molar-refractivity contribution in [2.45, 2.75) is 77.0 Å². The lowest BCUT2D eigenvalue weighted by Gasteiger charge is -2.30. The van der Waals surface area contributed by atoms with E-state index in [1.807, 2.05) is 0 Å². The molecule has 2 fully saturated rings. The van der Waals surface area contributed by atoms with Crippen LogP contribution in [0.2, 0.25) is 0 Å². The molecule has 2 aliphatic rings. The maximum absolute atomic E-state index is 11.8. The maximum atomic E-state index is 11.8. The minimum Gasteiger partial charge on any atom is -0.444 e. The number of carbonyl (C=O) groups excluding carboxylic acids is 4. The Morgan fingerprint density at radius 3 is 1.80 bits per heavy atom. The lowest BCUT2D eigenvalue weighted by atomic mass is 9.91. The van der Waals surface area contributed by atoms with Crippen LogP contribution in [-0.2, 0) is 19.2 Å². The predicted octanol–water partition coefficient (Wildman–Crippen LogP) is 1.61. The molecule has 25 heavy (non-hydrogen) atoms. The molecule has 0 bridgehead atoms. The van der Waals surface area contributed by atoms with Gasteiger partial charge in [-0.2, -0.15) is 0 Å². The summed E-state index contributed by atoms with van der Waals surface area (Å²) in [6, 6.07) is -0.136. The first-order valence-corrected chi connectivity index (χ1v) is 8.48. The standard InChI is InChI=1S/C16H25N3O6/c1-16(2,3)24-14(22)17-10-4-6-11(7-5-10)18-15(23)25-19-12(20)8-9-13(19)21/h10-11H,4-9H2,1-3H3,(H,17,22)(H,18,23). The van der Waals surface area contributed by atoms with Crippen molar-refractivity contribution in [1.82, 2.24) is 15.7 Å². The summed E-state index contributed by atoms with van der Waals surface area (Å²) in [5.41, 5.74) is -0.545. The molecule has 1 saturated heterocycles. The fourth-order valence-electron chi connectivity index (χ4n) is 2.79. The molecule has 0 aromatic heterocycles. The van der Waals surface area contributed by atoms with Crippen LogP contribution in [0.1, 0.15) is 59.3 Å². The zero-order chi connectivity index (χ0) is 18.6. The van der Waals surface area contributed by atoms with Crippen molar-refractivity contribution in [3.8, 4) is 0 Å². The quantitative estimate of drug-likeness (QED) is 0.744. The highest BCUT2D eigenvalue weighted by molar-refractivity contribution is 6.01. The van der Waals surface area contributed by atoms with Crippen LogP contribution in [0.5, 0.6) is 0 Å². The predicted molar refractivity (Wildman–Crippen MR) is 86.1 cm³/mol. The van der Waals surface area contributed by atoms with Gasteiger partial charge in [0.05, 0.1) is 0 Å². The second-order valence-corrected chi connectivity index (χ2v) is 7.30. The largest absolute Gasteiger partial charge is 0.444 e. The van der Waals surface area contributed by atoms with E-state index in [4.69, 9.17) is 9.57 Å². The second-order valence-electron chi connectivity index (χ2n) is 7.30. The van der Waals surface area contributed by atoms with E-state index in [1.165, 1.54) is 0 Å². The Labute approximate surface area is 146 Å². The average molecular weight is 355 g/mol. The van der Waals surface area contributed by atoms with Crippen LogP contribution in [0.25, 0.3) is 0 Å². The molecule has 2 N–H and O–H groups in total. The molecule has 0 unspecified atom stereocenters. The third kappa shape index (κ3) is 5.91. The monoisotopic (exact) mass is 355 g/mol. The van der Waals surface area contributed by atoms with E-state index in [9.17, 15) is 19.2 Å². The van der Waals surface area contributed by atoms with Crippen LogP contribution in [0.15, 0.2) is 0 Å². The summed E-state index contributed by atoms with van der Waals surface area (Å²) in [6.07, 6.45) is 1.54. The fraction of sp³-hybridized carbons (Fsp3) is 0.750. The highest BCUT2D eigenvalue weighted by Crippen LogP contribution is 2.20. The Morgan fingerprint density at radius 2 is 1.36 bits per heavy atom. The van der Waals surface area contributed by atoms with E-state index in [2.05, 4.69) is 10.6 Å². The summed E-state index contributed by atoms with van der Waals surface area (Å²) in [5.74, 6) is -1.02. The lowest BCUT2D eigenvalue weighted by Crippen LogP contribution is -2.46. The van der Waals surface area contributed by atoms with E-state index in [1.54, 1.807) is 20.8 Å². The molecule has 0 atom stereocenters. The third-order valence-electron chi connectivity index (χ3n) is 3.95. The van der Waals surface area contributed by atoms with Crippen LogP contribution in [0.3, 0.4) is 0 Å². The number of alkyl carbamates (subject to hydrolysis) is 1. The zero-order valence-corrected chi connectivity index (χ0v) is 14.8. The normalized spacial score (nSPS) is 24.0. The first-order valence-electron chi connectivity index (χ1n) is 8.48. The summed E-state index contributed by atoms with van der Waals surface area (Å²) in [6.45, 7) is 5.40. The van der Waals surface area contributed by atoms with E-state index >= 15 is 0 Å². The van der Waals surface area contributed by atoms with E-state index in [-0.39, 0.29) is 24.9 Å². The van der Waals surface area contributed by atoms with E-state index < -0.39 is 29.6 Å². The van der Waals surface area contributed by atoms with Crippen molar-refractivity contribution in [2.24, 2.45) is 0 Å². The Morgan fingerprint density at radius 1 is 0.920 bits per heavy atom. The molecule has 140 valence electrons. The number of hydroxylamine groups is 2. The SMILES string of the molecule is CC(C)(C)OC(=O)NC1CCC(NC(=O)ON2C(=O)CCC2=O)CC1. The Bertz CT molecular complexity index is 533. The number of nitrogens with zero attached hydrogens (tertiary/aromatic N) is 1. The number of amides is 4. The number of ether oxygens (including phenoxy) is 1. The van der Waals surface area contributed by atoms with Crippen molar-refractivity contribution < 1.29 is 28.8 Å². The number of carbonyl (C=O) groups is 4. The summed E-state index contributed by atoms with van der Waals surface area (Å²) in [7, 11) is 0. The van der Waals surface area contributed by atoms with Gasteiger partial charge in [0.25, 0.3) is 11.8 Å². The molecule has 1 heterocycles. The van der Waals surface area contributed by atoms with Crippen LogP contribution in [0, 0.1) is 0 Å². The fourth-order valence-corrected chi connectivity index (χ4v) is 2.79. The smallest absolute Gasteiger partial charge is 0.432 e. The topological polar surface area (TPSA) is 114 Å². The Hall–Kier alpha value is -2.32. The van der Waals surface area contributed by atoms with Gasteiger partial charge in [-0.15, -0.1) is 5.06 Å². The van der Waals surface area contributed by atoms with Crippen molar-refractivity contribution in [3.05, 3.63) is 0 Å². The summed E-state index contributed by atoms with van der Waals surface area (Å²) >= 11 is 0. The molecule has 9 nitrogen and oxygen atoms in total. The lowest BCUT2D eigenvalue weighted by molar-refractivity contribution is -0.171. The molecule has 0 radical (unpaired) electrons. The van der Waals surface area contributed by atoms with Crippen molar-refractivity contribution in [3.63, 3.8) is 0 Å². The number of imide groups is 1. The Balaban J connectivity index is 1.69. The van der Waals surface area contributed by atoms with Crippen LogP contribution < -0.4 is 10.6 Å². The molecular weight excluding hydrogens is 330 g/mol. The van der Waals surface area contributed by atoms with Crippen LogP contribution in [-0.4, -0.2) is 46.7 Å². The van der Waals surface area contributed by atoms with Gasteiger partial charge in [-0.25, -0.2) is 9.59 Å².